The molecule has 0 nitrogen and oxygen atoms in total. The van der Waals surface area contributed by atoms with Crippen LogP contribution in [0.4, 0.5) is 0 Å². The Morgan fingerprint density at radius 3 is 1.87 bits per heavy atom. The minimum atomic E-state index is 0.534. The number of hydrogen-bond donors (Lipinski definition) is 2. The molecule has 2 heteroatoms. The average Bonchev–Trinajstić information content (AvgIpc) is 2.22. The average molecular weight is 249 g/mol. The molecule has 0 aromatic rings. The van der Waals surface area contributed by atoms with Gasteiger partial charge in [-0.2, -0.15) is 25.3 Å². The van der Waals surface area contributed by atoms with Gasteiger partial charge in [0.25, 0.3) is 0 Å². The van der Waals surface area contributed by atoms with Gasteiger partial charge in [0.2, 0.25) is 0 Å². The summed E-state index contributed by atoms with van der Waals surface area (Å²) in [6.07, 6.45) is 6.48. The van der Waals surface area contributed by atoms with Crippen molar-refractivity contribution in [1.29, 1.82) is 0 Å². The molecule has 0 aliphatic heterocycles. The lowest BCUT2D eigenvalue weighted by Gasteiger charge is -2.18. The highest BCUT2D eigenvalue weighted by atomic mass is 32.1. The van der Waals surface area contributed by atoms with Crippen LogP contribution < -0.4 is 0 Å². The third-order valence-electron chi connectivity index (χ3n) is 3.53. The van der Waals surface area contributed by atoms with Gasteiger partial charge in [0.15, 0.2) is 0 Å². The second-order valence-corrected chi connectivity index (χ2v) is 6.43. The summed E-state index contributed by atoms with van der Waals surface area (Å²) in [7, 11) is 0. The molecule has 0 rings (SSSR count). The summed E-state index contributed by atoms with van der Waals surface area (Å²) in [5, 5.41) is 1.13. The zero-order chi connectivity index (χ0) is 11.8. The maximum Gasteiger partial charge on any atom is 0.00423 e. The zero-order valence-electron chi connectivity index (χ0n) is 10.7. The molecular formula is C13H28S2. The highest BCUT2D eigenvalue weighted by molar-refractivity contribution is 7.81. The minimum absolute atomic E-state index is 0.534. The summed E-state index contributed by atoms with van der Waals surface area (Å²) in [4.78, 5) is 0. The fourth-order valence-corrected chi connectivity index (χ4v) is 2.16. The molecule has 0 aromatic carbocycles. The molecule has 0 heterocycles. The lowest BCUT2D eigenvalue weighted by Crippen LogP contribution is -2.11. The number of hydrogen-bond acceptors (Lipinski definition) is 2. The van der Waals surface area contributed by atoms with Crippen LogP contribution in [-0.4, -0.2) is 10.5 Å². The number of thiol groups is 2. The predicted octanol–water partition coefficient (Wildman–Crippen LogP) is 4.85. The van der Waals surface area contributed by atoms with E-state index in [0.717, 1.165) is 11.8 Å². The highest BCUT2D eigenvalue weighted by Gasteiger charge is 2.11. The molecule has 0 fully saturated rings. The Labute approximate surface area is 107 Å². The van der Waals surface area contributed by atoms with Crippen LogP contribution in [0.1, 0.15) is 59.8 Å². The Morgan fingerprint density at radius 2 is 1.40 bits per heavy atom. The molecule has 0 amide bonds. The Morgan fingerprint density at radius 1 is 0.867 bits per heavy atom. The van der Waals surface area contributed by atoms with E-state index in [1.54, 1.807) is 0 Å². The third kappa shape index (κ3) is 7.57. The molecular weight excluding hydrogens is 220 g/mol. The fourth-order valence-electron chi connectivity index (χ4n) is 1.62. The van der Waals surface area contributed by atoms with Crippen molar-refractivity contribution in [3.8, 4) is 0 Å². The molecule has 0 aromatic heterocycles. The summed E-state index contributed by atoms with van der Waals surface area (Å²) < 4.78 is 0. The van der Waals surface area contributed by atoms with Gasteiger partial charge < -0.3 is 0 Å². The first-order valence-electron chi connectivity index (χ1n) is 6.35. The van der Waals surface area contributed by atoms with E-state index in [0.29, 0.717) is 10.5 Å². The summed E-state index contributed by atoms with van der Waals surface area (Å²) in [6.45, 7) is 9.04. The molecule has 0 saturated heterocycles. The number of unbranched alkanes of at least 4 members (excludes halogenated alkanes) is 1. The van der Waals surface area contributed by atoms with Crippen molar-refractivity contribution < 1.29 is 0 Å². The molecule has 15 heavy (non-hydrogen) atoms. The summed E-state index contributed by atoms with van der Waals surface area (Å²) in [6, 6.07) is 0. The van der Waals surface area contributed by atoms with Crippen molar-refractivity contribution >= 4 is 25.3 Å². The molecule has 0 saturated carbocycles. The second-order valence-electron chi connectivity index (χ2n) is 4.96. The Kier molecular flexibility index (Phi) is 9.22. The van der Waals surface area contributed by atoms with Gasteiger partial charge in [0.1, 0.15) is 0 Å². The van der Waals surface area contributed by atoms with Gasteiger partial charge in [0.05, 0.1) is 0 Å². The van der Waals surface area contributed by atoms with Gasteiger partial charge in [-0.3, -0.25) is 0 Å². The van der Waals surface area contributed by atoms with Crippen LogP contribution in [0.5, 0.6) is 0 Å². The van der Waals surface area contributed by atoms with Crippen molar-refractivity contribution in [3.05, 3.63) is 0 Å². The van der Waals surface area contributed by atoms with E-state index in [1.165, 1.54) is 32.1 Å². The van der Waals surface area contributed by atoms with Crippen molar-refractivity contribution in [2.75, 3.05) is 0 Å². The third-order valence-corrected chi connectivity index (χ3v) is 4.81. The first-order chi connectivity index (χ1) is 6.99. The van der Waals surface area contributed by atoms with E-state index in [9.17, 15) is 0 Å². The maximum absolute atomic E-state index is 4.66. The predicted molar refractivity (Wildman–Crippen MR) is 78.3 cm³/mol. The zero-order valence-corrected chi connectivity index (χ0v) is 12.5. The Hall–Kier alpha value is 0.700. The summed E-state index contributed by atoms with van der Waals surface area (Å²) >= 11 is 9.12. The van der Waals surface area contributed by atoms with Crippen molar-refractivity contribution in [2.24, 2.45) is 11.8 Å². The molecule has 0 N–H and O–H groups in total. The minimum Gasteiger partial charge on any atom is -0.176 e. The quantitative estimate of drug-likeness (QED) is 0.445. The summed E-state index contributed by atoms with van der Waals surface area (Å²) in [5.41, 5.74) is 0. The van der Waals surface area contributed by atoms with Crippen LogP contribution in [0.2, 0.25) is 0 Å². The molecule has 0 spiro atoms. The van der Waals surface area contributed by atoms with Gasteiger partial charge >= 0.3 is 0 Å². The second kappa shape index (κ2) is 8.81. The maximum atomic E-state index is 4.66. The number of rotatable bonds is 8. The van der Waals surface area contributed by atoms with E-state index < -0.39 is 0 Å². The largest absolute Gasteiger partial charge is 0.176 e. The van der Waals surface area contributed by atoms with Crippen molar-refractivity contribution in [2.45, 2.75) is 70.3 Å². The molecule has 4 atom stereocenters. The SMILES string of the molecule is CCC(C)C(S)CCCCC(C)C(C)S. The van der Waals surface area contributed by atoms with Gasteiger partial charge in [0, 0.05) is 10.5 Å². The van der Waals surface area contributed by atoms with Crippen LogP contribution in [0, 0.1) is 11.8 Å². The highest BCUT2D eigenvalue weighted by Crippen LogP contribution is 2.22. The molecule has 0 aliphatic rings. The lowest BCUT2D eigenvalue weighted by molar-refractivity contribution is 0.457. The van der Waals surface area contributed by atoms with Crippen LogP contribution in [0.3, 0.4) is 0 Å². The molecule has 92 valence electrons. The first-order valence-corrected chi connectivity index (χ1v) is 7.38. The molecule has 0 aliphatic carbocycles. The van der Waals surface area contributed by atoms with Gasteiger partial charge in [-0.05, 0) is 24.7 Å². The summed E-state index contributed by atoms with van der Waals surface area (Å²) in [5.74, 6) is 1.50. The Bertz CT molecular complexity index is 145. The van der Waals surface area contributed by atoms with Gasteiger partial charge in [-0.1, -0.05) is 47.0 Å². The van der Waals surface area contributed by atoms with Gasteiger partial charge in [-0.15, -0.1) is 0 Å². The molecule has 4 unspecified atom stereocenters. The smallest absolute Gasteiger partial charge is 0.00423 e. The van der Waals surface area contributed by atoms with E-state index in [2.05, 4.69) is 53.0 Å². The van der Waals surface area contributed by atoms with E-state index in [1.807, 2.05) is 0 Å². The topological polar surface area (TPSA) is 0 Å². The van der Waals surface area contributed by atoms with Crippen LogP contribution >= 0.6 is 25.3 Å². The molecule has 0 bridgehead atoms. The van der Waals surface area contributed by atoms with Crippen LogP contribution in [0.15, 0.2) is 0 Å². The van der Waals surface area contributed by atoms with E-state index >= 15 is 0 Å². The van der Waals surface area contributed by atoms with Gasteiger partial charge in [-0.25, -0.2) is 0 Å². The van der Waals surface area contributed by atoms with Crippen LogP contribution in [0.25, 0.3) is 0 Å². The lowest BCUT2D eigenvalue weighted by atomic mass is 9.96. The molecule has 0 radical (unpaired) electrons. The van der Waals surface area contributed by atoms with E-state index in [-0.39, 0.29) is 0 Å². The van der Waals surface area contributed by atoms with Crippen molar-refractivity contribution in [1.82, 2.24) is 0 Å². The van der Waals surface area contributed by atoms with Crippen LogP contribution in [-0.2, 0) is 0 Å². The first kappa shape index (κ1) is 15.7. The fraction of sp³-hybridized carbons (Fsp3) is 1.00. The monoisotopic (exact) mass is 248 g/mol. The standard InChI is InChI=1S/C13H28S2/c1-5-10(2)13(15)9-7-6-8-11(3)12(4)14/h10-15H,5-9H2,1-4H3. The van der Waals surface area contributed by atoms with Crippen molar-refractivity contribution in [3.63, 3.8) is 0 Å². The Balaban J connectivity index is 3.46. The normalized spacial score (nSPS) is 19.6. The van der Waals surface area contributed by atoms with E-state index in [4.69, 9.17) is 0 Å².